The van der Waals surface area contributed by atoms with Crippen LogP contribution in [0.4, 0.5) is 11.5 Å². The SMILES string of the molecule is C=CCOc1ccc(C(=O)Nc2ccc(N3CCN(C)CC3)nc2)cc1OC. The van der Waals surface area contributed by atoms with Crippen molar-refractivity contribution in [3.63, 3.8) is 0 Å². The summed E-state index contributed by atoms with van der Waals surface area (Å²) < 4.78 is 10.8. The molecule has 1 fully saturated rings. The average Bonchev–Trinajstić information content (AvgIpc) is 2.73. The molecule has 1 saturated heterocycles. The molecule has 2 aromatic rings. The summed E-state index contributed by atoms with van der Waals surface area (Å²) in [4.78, 5) is 21.6. The monoisotopic (exact) mass is 382 g/mol. The maximum Gasteiger partial charge on any atom is 0.255 e. The van der Waals surface area contributed by atoms with Gasteiger partial charge in [0.05, 0.1) is 19.0 Å². The molecule has 7 nitrogen and oxygen atoms in total. The lowest BCUT2D eigenvalue weighted by molar-refractivity contribution is 0.102. The van der Waals surface area contributed by atoms with Gasteiger partial charge in [0.1, 0.15) is 12.4 Å². The zero-order valence-corrected chi connectivity index (χ0v) is 16.4. The molecule has 28 heavy (non-hydrogen) atoms. The van der Waals surface area contributed by atoms with Crippen molar-refractivity contribution in [2.24, 2.45) is 0 Å². The zero-order chi connectivity index (χ0) is 19.9. The highest BCUT2D eigenvalue weighted by molar-refractivity contribution is 6.04. The normalized spacial score (nSPS) is 14.4. The van der Waals surface area contributed by atoms with Crippen LogP contribution in [0.1, 0.15) is 10.4 Å². The van der Waals surface area contributed by atoms with E-state index < -0.39 is 0 Å². The molecule has 0 radical (unpaired) electrons. The molecule has 0 aliphatic carbocycles. The highest BCUT2D eigenvalue weighted by Gasteiger charge is 2.16. The van der Waals surface area contributed by atoms with Gasteiger partial charge in [-0.05, 0) is 37.4 Å². The summed E-state index contributed by atoms with van der Waals surface area (Å²) >= 11 is 0. The third-order valence-corrected chi connectivity index (χ3v) is 4.62. The number of likely N-dealkylation sites (N-methyl/N-ethyl adjacent to an activating group) is 1. The van der Waals surface area contributed by atoms with Crippen LogP contribution in [0.3, 0.4) is 0 Å². The quantitative estimate of drug-likeness (QED) is 0.743. The molecule has 148 valence electrons. The van der Waals surface area contributed by atoms with Gasteiger partial charge in [-0.25, -0.2) is 4.98 Å². The van der Waals surface area contributed by atoms with Crippen LogP contribution < -0.4 is 19.7 Å². The molecule has 1 aromatic carbocycles. The second-order valence-corrected chi connectivity index (χ2v) is 6.61. The molecule has 1 amide bonds. The number of anilines is 2. The Morgan fingerprint density at radius 2 is 2.00 bits per heavy atom. The molecule has 0 bridgehead atoms. The van der Waals surface area contributed by atoms with Crippen molar-refractivity contribution in [3.8, 4) is 11.5 Å². The summed E-state index contributed by atoms with van der Waals surface area (Å²) in [5.41, 5.74) is 1.12. The number of nitrogens with zero attached hydrogens (tertiary/aromatic N) is 3. The minimum absolute atomic E-state index is 0.234. The second-order valence-electron chi connectivity index (χ2n) is 6.61. The van der Waals surface area contributed by atoms with Crippen molar-refractivity contribution in [2.45, 2.75) is 0 Å². The Kier molecular flexibility index (Phi) is 6.49. The van der Waals surface area contributed by atoms with Gasteiger partial charge in [-0.3, -0.25) is 4.79 Å². The van der Waals surface area contributed by atoms with Crippen molar-refractivity contribution in [3.05, 3.63) is 54.7 Å². The van der Waals surface area contributed by atoms with Crippen molar-refractivity contribution >= 4 is 17.4 Å². The third-order valence-electron chi connectivity index (χ3n) is 4.62. The van der Waals surface area contributed by atoms with E-state index in [0.717, 1.165) is 32.0 Å². The van der Waals surface area contributed by atoms with Crippen LogP contribution in [-0.4, -0.2) is 62.7 Å². The summed E-state index contributed by atoms with van der Waals surface area (Å²) in [5.74, 6) is 1.76. The average molecular weight is 382 g/mol. The number of hydrogen-bond donors (Lipinski definition) is 1. The van der Waals surface area contributed by atoms with Crippen LogP contribution in [0.25, 0.3) is 0 Å². The lowest BCUT2D eigenvalue weighted by Crippen LogP contribution is -2.44. The number of carbonyl (C=O) groups is 1. The first-order valence-electron chi connectivity index (χ1n) is 9.23. The minimum Gasteiger partial charge on any atom is -0.493 e. The molecule has 7 heteroatoms. The molecular weight excluding hydrogens is 356 g/mol. The van der Waals surface area contributed by atoms with Gasteiger partial charge in [0, 0.05) is 31.7 Å². The van der Waals surface area contributed by atoms with E-state index in [1.54, 1.807) is 37.6 Å². The van der Waals surface area contributed by atoms with Crippen LogP contribution in [0.15, 0.2) is 49.2 Å². The summed E-state index contributed by atoms with van der Waals surface area (Å²) in [7, 11) is 3.66. The smallest absolute Gasteiger partial charge is 0.255 e. The first-order valence-corrected chi connectivity index (χ1v) is 9.23. The number of ether oxygens (including phenoxy) is 2. The molecule has 1 aliphatic heterocycles. The molecule has 2 heterocycles. The summed E-state index contributed by atoms with van der Waals surface area (Å²) in [6.45, 7) is 7.94. The van der Waals surface area contributed by atoms with Gasteiger partial charge in [0.25, 0.3) is 5.91 Å². The van der Waals surface area contributed by atoms with Gasteiger partial charge < -0.3 is 24.6 Å². The molecule has 1 aliphatic rings. The number of methoxy groups -OCH3 is 1. The molecule has 3 rings (SSSR count). The molecular formula is C21H26N4O3. The highest BCUT2D eigenvalue weighted by atomic mass is 16.5. The predicted molar refractivity (Wildman–Crippen MR) is 111 cm³/mol. The van der Waals surface area contributed by atoms with E-state index in [2.05, 4.69) is 33.7 Å². The molecule has 1 N–H and O–H groups in total. The van der Waals surface area contributed by atoms with Crippen molar-refractivity contribution in [1.82, 2.24) is 9.88 Å². The zero-order valence-electron chi connectivity index (χ0n) is 16.4. The minimum atomic E-state index is -0.234. The molecule has 0 unspecified atom stereocenters. The van der Waals surface area contributed by atoms with Gasteiger partial charge in [-0.15, -0.1) is 0 Å². The number of hydrogen-bond acceptors (Lipinski definition) is 6. The maximum atomic E-state index is 12.6. The first kappa shape index (κ1) is 19.7. The third kappa shape index (κ3) is 4.80. The van der Waals surface area contributed by atoms with Crippen LogP contribution >= 0.6 is 0 Å². The van der Waals surface area contributed by atoms with Crippen LogP contribution in [0.2, 0.25) is 0 Å². The van der Waals surface area contributed by atoms with E-state index in [-0.39, 0.29) is 5.91 Å². The summed E-state index contributed by atoms with van der Waals surface area (Å²) in [6, 6.07) is 8.87. The Balaban J connectivity index is 1.65. The summed E-state index contributed by atoms with van der Waals surface area (Å²) in [6.07, 6.45) is 3.34. The van der Waals surface area contributed by atoms with Crippen LogP contribution in [-0.2, 0) is 0 Å². The lowest BCUT2D eigenvalue weighted by atomic mass is 10.2. The number of amides is 1. The lowest BCUT2D eigenvalue weighted by Gasteiger charge is -2.33. The first-order chi connectivity index (χ1) is 13.6. The number of benzene rings is 1. The van der Waals surface area contributed by atoms with Crippen molar-refractivity contribution < 1.29 is 14.3 Å². The Labute approximate surface area is 165 Å². The Morgan fingerprint density at radius 3 is 2.64 bits per heavy atom. The number of rotatable bonds is 7. The number of piperazine rings is 1. The van der Waals surface area contributed by atoms with Crippen LogP contribution in [0.5, 0.6) is 11.5 Å². The largest absolute Gasteiger partial charge is 0.493 e. The number of carbonyl (C=O) groups excluding carboxylic acids is 1. The number of aromatic nitrogens is 1. The Hall–Kier alpha value is -3.06. The van der Waals surface area contributed by atoms with Crippen molar-refractivity contribution in [2.75, 3.05) is 57.2 Å². The number of nitrogens with one attached hydrogen (secondary N) is 1. The molecule has 1 aromatic heterocycles. The Morgan fingerprint density at radius 1 is 1.21 bits per heavy atom. The van der Waals surface area contributed by atoms with Gasteiger partial charge in [0.2, 0.25) is 0 Å². The van der Waals surface area contributed by atoms with E-state index in [1.165, 1.54) is 0 Å². The fourth-order valence-corrected chi connectivity index (χ4v) is 2.96. The van der Waals surface area contributed by atoms with Crippen LogP contribution in [0, 0.1) is 0 Å². The maximum absolute atomic E-state index is 12.6. The van der Waals surface area contributed by atoms with Gasteiger partial charge in [0.15, 0.2) is 11.5 Å². The van der Waals surface area contributed by atoms with E-state index in [1.807, 2.05) is 12.1 Å². The van der Waals surface area contributed by atoms with E-state index >= 15 is 0 Å². The van der Waals surface area contributed by atoms with Gasteiger partial charge in [-0.1, -0.05) is 12.7 Å². The van der Waals surface area contributed by atoms with E-state index in [4.69, 9.17) is 9.47 Å². The fourth-order valence-electron chi connectivity index (χ4n) is 2.96. The predicted octanol–water partition coefficient (Wildman–Crippen LogP) is 2.66. The van der Waals surface area contributed by atoms with Crippen molar-refractivity contribution in [1.29, 1.82) is 0 Å². The highest BCUT2D eigenvalue weighted by Crippen LogP contribution is 2.28. The Bertz CT molecular complexity index is 815. The summed E-state index contributed by atoms with van der Waals surface area (Å²) in [5, 5.41) is 2.87. The van der Waals surface area contributed by atoms with E-state index in [0.29, 0.717) is 29.4 Å². The molecule has 0 saturated carbocycles. The topological polar surface area (TPSA) is 66.9 Å². The fraction of sp³-hybridized carbons (Fsp3) is 0.333. The second kappa shape index (κ2) is 9.23. The van der Waals surface area contributed by atoms with Gasteiger partial charge in [-0.2, -0.15) is 0 Å². The number of pyridine rings is 1. The molecule has 0 atom stereocenters. The standard InChI is InChI=1S/C21H26N4O3/c1-4-13-28-18-7-5-16(14-19(18)27-3)21(26)23-17-6-8-20(22-15-17)25-11-9-24(2)10-12-25/h4-8,14-15H,1,9-13H2,2-3H3,(H,23,26). The van der Waals surface area contributed by atoms with E-state index in [9.17, 15) is 4.79 Å². The molecule has 0 spiro atoms. The van der Waals surface area contributed by atoms with Gasteiger partial charge >= 0.3 is 0 Å².